The molecular weight excluding hydrogens is 312 g/mol. The van der Waals surface area contributed by atoms with Gasteiger partial charge in [0.05, 0.1) is 4.92 Å². The molecule has 0 aromatic carbocycles. The van der Waals surface area contributed by atoms with Gasteiger partial charge in [0.1, 0.15) is 5.69 Å². The largest absolute Gasteiger partial charge is 0.369 e. The molecule has 0 unspecified atom stereocenters. The normalized spacial score (nSPS) is 18.9. The summed E-state index contributed by atoms with van der Waals surface area (Å²) in [6, 6.07) is 0. The number of piperidine rings is 1. The number of aryl methyl sites for hydroxylation is 1. The van der Waals surface area contributed by atoms with Gasteiger partial charge in [-0.05, 0) is 32.6 Å². The molecular formula is C15H22N6O3. The highest BCUT2D eigenvalue weighted by molar-refractivity contribution is 5.77. The zero-order chi connectivity index (χ0) is 17.3. The van der Waals surface area contributed by atoms with Crippen molar-refractivity contribution in [2.45, 2.75) is 32.6 Å². The molecule has 2 aliphatic rings. The van der Waals surface area contributed by atoms with Gasteiger partial charge >= 0.3 is 5.69 Å². The third kappa shape index (κ3) is 3.10. The fourth-order valence-electron chi connectivity index (χ4n) is 3.41. The zero-order valence-corrected chi connectivity index (χ0v) is 13.8. The summed E-state index contributed by atoms with van der Waals surface area (Å²) in [7, 11) is 0. The first-order chi connectivity index (χ1) is 11.5. The lowest BCUT2D eigenvalue weighted by molar-refractivity contribution is -0.385. The minimum Gasteiger partial charge on any atom is -0.369 e. The molecule has 0 spiro atoms. The van der Waals surface area contributed by atoms with Gasteiger partial charge in [0.2, 0.25) is 17.7 Å². The van der Waals surface area contributed by atoms with E-state index >= 15 is 0 Å². The Balaban J connectivity index is 1.89. The first-order valence-corrected chi connectivity index (χ1v) is 8.29. The predicted octanol–water partition coefficient (Wildman–Crippen LogP) is 0.995. The maximum atomic E-state index is 11.4. The van der Waals surface area contributed by atoms with Crippen LogP contribution in [0.4, 0.5) is 17.5 Å². The van der Waals surface area contributed by atoms with E-state index in [9.17, 15) is 14.9 Å². The Hall–Kier alpha value is -2.45. The van der Waals surface area contributed by atoms with Gasteiger partial charge in [-0.2, -0.15) is 4.98 Å². The first-order valence-electron chi connectivity index (χ1n) is 8.29. The SMILES string of the molecule is Cc1nc(N2CCC(C(N)=O)CC2)nc(N2CCCC2)c1[N+](=O)[O-]. The average molecular weight is 334 g/mol. The number of nitro groups is 1. The molecule has 3 heterocycles. The Morgan fingerprint density at radius 1 is 1.17 bits per heavy atom. The number of primary amides is 1. The van der Waals surface area contributed by atoms with Crippen molar-refractivity contribution in [1.29, 1.82) is 0 Å². The lowest BCUT2D eigenvalue weighted by Crippen LogP contribution is -2.39. The highest BCUT2D eigenvalue weighted by Gasteiger charge is 2.31. The predicted molar refractivity (Wildman–Crippen MR) is 89.0 cm³/mol. The summed E-state index contributed by atoms with van der Waals surface area (Å²) in [6.07, 6.45) is 3.35. The molecule has 0 bridgehead atoms. The topological polar surface area (TPSA) is 118 Å². The van der Waals surface area contributed by atoms with E-state index in [-0.39, 0.29) is 17.5 Å². The molecule has 0 radical (unpaired) electrons. The number of rotatable bonds is 4. The number of hydrogen-bond donors (Lipinski definition) is 1. The second-order valence-electron chi connectivity index (χ2n) is 6.40. The highest BCUT2D eigenvalue weighted by Crippen LogP contribution is 2.33. The molecule has 0 atom stereocenters. The van der Waals surface area contributed by atoms with Crippen molar-refractivity contribution in [3.63, 3.8) is 0 Å². The van der Waals surface area contributed by atoms with E-state index in [0.717, 1.165) is 25.9 Å². The molecule has 0 saturated carbocycles. The number of hydrogen-bond acceptors (Lipinski definition) is 7. The Morgan fingerprint density at radius 3 is 2.33 bits per heavy atom. The van der Waals surface area contributed by atoms with Crippen LogP contribution in [-0.2, 0) is 4.79 Å². The zero-order valence-electron chi connectivity index (χ0n) is 13.8. The van der Waals surface area contributed by atoms with Crippen molar-refractivity contribution in [1.82, 2.24) is 9.97 Å². The summed E-state index contributed by atoms with van der Waals surface area (Å²) in [5.74, 6) is 0.534. The standard InChI is InChI=1S/C15H22N6O3/c1-10-12(21(23)24)14(19-6-2-3-7-19)18-15(17-10)20-8-4-11(5-9-20)13(16)22/h11H,2-9H2,1H3,(H2,16,22). The number of carbonyl (C=O) groups is 1. The number of carbonyl (C=O) groups excluding carboxylic acids is 1. The molecule has 1 aromatic heterocycles. The smallest absolute Gasteiger partial charge is 0.332 e. The van der Waals surface area contributed by atoms with E-state index in [1.807, 2.05) is 9.80 Å². The molecule has 2 N–H and O–H groups in total. The van der Waals surface area contributed by atoms with Crippen LogP contribution >= 0.6 is 0 Å². The van der Waals surface area contributed by atoms with Crippen molar-refractivity contribution in [3.8, 4) is 0 Å². The molecule has 1 aromatic rings. The van der Waals surface area contributed by atoms with Crippen LogP contribution in [-0.4, -0.2) is 47.0 Å². The fourth-order valence-corrected chi connectivity index (χ4v) is 3.41. The third-order valence-corrected chi connectivity index (χ3v) is 4.80. The second-order valence-corrected chi connectivity index (χ2v) is 6.40. The van der Waals surface area contributed by atoms with E-state index in [2.05, 4.69) is 9.97 Å². The summed E-state index contributed by atoms with van der Waals surface area (Å²) in [6.45, 7) is 4.47. The van der Waals surface area contributed by atoms with Gasteiger partial charge in [0.25, 0.3) is 0 Å². The van der Waals surface area contributed by atoms with Crippen molar-refractivity contribution in [2.75, 3.05) is 36.0 Å². The maximum absolute atomic E-state index is 11.4. The number of nitrogens with two attached hydrogens (primary N) is 1. The van der Waals surface area contributed by atoms with E-state index in [1.54, 1.807) is 6.92 Å². The summed E-state index contributed by atoms with van der Waals surface area (Å²) >= 11 is 0. The Morgan fingerprint density at radius 2 is 1.79 bits per heavy atom. The van der Waals surface area contributed by atoms with E-state index in [0.29, 0.717) is 43.4 Å². The fraction of sp³-hybridized carbons (Fsp3) is 0.667. The van der Waals surface area contributed by atoms with E-state index < -0.39 is 4.92 Å². The highest BCUT2D eigenvalue weighted by atomic mass is 16.6. The minimum atomic E-state index is -0.397. The molecule has 0 aliphatic carbocycles. The van der Waals surface area contributed by atoms with Crippen molar-refractivity contribution < 1.29 is 9.72 Å². The molecule has 2 saturated heterocycles. The van der Waals surface area contributed by atoms with Crippen molar-refractivity contribution >= 4 is 23.4 Å². The lowest BCUT2D eigenvalue weighted by Gasteiger charge is -2.31. The van der Waals surface area contributed by atoms with Gasteiger partial charge in [-0.15, -0.1) is 0 Å². The summed E-state index contributed by atoms with van der Waals surface area (Å²) < 4.78 is 0. The van der Waals surface area contributed by atoms with Crippen LogP contribution in [0.25, 0.3) is 0 Å². The van der Waals surface area contributed by atoms with Crippen molar-refractivity contribution in [2.24, 2.45) is 11.7 Å². The van der Waals surface area contributed by atoms with Crippen LogP contribution in [0.15, 0.2) is 0 Å². The van der Waals surface area contributed by atoms with Crippen LogP contribution in [0.3, 0.4) is 0 Å². The van der Waals surface area contributed by atoms with Crippen LogP contribution in [0, 0.1) is 23.0 Å². The third-order valence-electron chi connectivity index (χ3n) is 4.80. The van der Waals surface area contributed by atoms with Crippen LogP contribution in [0.2, 0.25) is 0 Å². The Bertz CT molecular complexity index is 651. The Kier molecular flexibility index (Phi) is 4.50. The monoisotopic (exact) mass is 334 g/mol. The van der Waals surface area contributed by atoms with Gasteiger partial charge < -0.3 is 15.5 Å². The van der Waals surface area contributed by atoms with Crippen LogP contribution in [0.1, 0.15) is 31.4 Å². The maximum Gasteiger partial charge on any atom is 0.332 e. The van der Waals surface area contributed by atoms with Crippen LogP contribution < -0.4 is 15.5 Å². The van der Waals surface area contributed by atoms with Crippen molar-refractivity contribution in [3.05, 3.63) is 15.8 Å². The van der Waals surface area contributed by atoms with Gasteiger partial charge in [-0.3, -0.25) is 14.9 Å². The molecule has 1 amide bonds. The second kappa shape index (κ2) is 6.58. The lowest BCUT2D eigenvalue weighted by atomic mass is 9.96. The van der Waals surface area contributed by atoms with E-state index in [4.69, 9.17) is 5.73 Å². The first kappa shape index (κ1) is 16.4. The molecule has 3 rings (SSSR count). The van der Waals surface area contributed by atoms with Gasteiger partial charge in [0, 0.05) is 32.1 Å². The quantitative estimate of drug-likeness (QED) is 0.644. The molecule has 2 aliphatic heterocycles. The average Bonchev–Trinajstić information content (AvgIpc) is 3.08. The molecule has 24 heavy (non-hydrogen) atoms. The van der Waals surface area contributed by atoms with E-state index in [1.165, 1.54) is 0 Å². The van der Waals surface area contributed by atoms with Gasteiger partial charge in [0.15, 0.2) is 0 Å². The van der Waals surface area contributed by atoms with Gasteiger partial charge in [-0.1, -0.05) is 0 Å². The van der Waals surface area contributed by atoms with Gasteiger partial charge in [-0.25, -0.2) is 4.98 Å². The molecule has 9 heteroatoms. The summed E-state index contributed by atoms with van der Waals surface area (Å²) in [5, 5.41) is 11.4. The number of amides is 1. The summed E-state index contributed by atoms with van der Waals surface area (Å²) in [4.78, 5) is 35.1. The molecule has 130 valence electrons. The van der Waals surface area contributed by atoms with Crippen LogP contribution in [0.5, 0.6) is 0 Å². The minimum absolute atomic E-state index is 0.00679. The summed E-state index contributed by atoms with van der Waals surface area (Å²) in [5.41, 5.74) is 5.74. The number of anilines is 2. The molecule has 2 fully saturated rings. The Labute approximate surface area is 140 Å². The number of nitrogens with zero attached hydrogens (tertiary/aromatic N) is 5. The number of aromatic nitrogens is 2. The molecule has 9 nitrogen and oxygen atoms in total.